The molecule has 32 heavy (non-hydrogen) atoms. The van der Waals surface area contributed by atoms with Crippen LogP contribution in [0.3, 0.4) is 0 Å². The summed E-state index contributed by atoms with van der Waals surface area (Å²) >= 11 is 0. The van der Waals surface area contributed by atoms with Crippen molar-refractivity contribution in [1.29, 1.82) is 0 Å². The number of rotatable bonds is 5. The van der Waals surface area contributed by atoms with E-state index >= 15 is 0 Å². The number of aryl methyl sites for hydroxylation is 2. The van der Waals surface area contributed by atoms with E-state index in [1.165, 1.54) is 29.5 Å². The summed E-state index contributed by atoms with van der Waals surface area (Å²) in [6.07, 6.45) is 1.25. The van der Waals surface area contributed by atoms with Gasteiger partial charge in [0.05, 0.1) is 5.69 Å². The van der Waals surface area contributed by atoms with Crippen LogP contribution in [0.4, 0.5) is 5.82 Å². The van der Waals surface area contributed by atoms with Crippen molar-refractivity contribution in [2.45, 2.75) is 26.2 Å². The number of aromatic nitrogens is 2. The molecule has 1 aliphatic heterocycles. The first-order valence-corrected chi connectivity index (χ1v) is 10.4. The summed E-state index contributed by atoms with van der Waals surface area (Å²) in [6, 6.07) is 17.1. The molecule has 1 fully saturated rings. The van der Waals surface area contributed by atoms with Crippen molar-refractivity contribution in [2.24, 2.45) is 0 Å². The van der Waals surface area contributed by atoms with Gasteiger partial charge in [-0.3, -0.25) is 9.59 Å². The van der Waals surface area contributed by atoms with Crippen molar-refractivity contribution >= 4 is 29.5 Å². The summed E-state index contributed by atoms with van der Waals surface area (Å²) in [5.74, 6) is 1.55. The molecule has 1 saturated heterocycles. The summed E-state index contributed by atoms with van der Waals surface area (Å²) in [4.78, 5) is 19.3. The first-order chi connectivity index (χ1) is 15.5. The smallest absolute Gasteiger partial charge is 0.290 e. The quantitative estimate of drug-likeness (QED) is 0.518. The highest BCUT2D eigenvalue weighted by Crippen LogP contribution is 2.29. The third-order valence-corrected chi connectivity index (χ3v) is 5.49. The van der Waals surface area contributed by atoms with Crippen LogP contribution in [0.5, 0.6) is 0 Å². The number of benzene rings is 2. The fourth-order valence-corrected chi connectivity index (χ4v) is 4.04. The van der Waals surface area contributed by atoms with Gasteiger partial charge in [0.15, 0.2) is 5.82 Å². The third kappa shape index (κ3) is 6.75. The molecule has 8 nitrogen and oxygen atoms in total. The van der Waals surface area contributed by atoms with Gasteiger partial charge >= 0.3 is 0 Å². The second kappa shape index (κ2) is 13.0. The normalized spacial score (nSPS) is 15.1. The summed E-state index contributed by atoms with van der Waals surface area (Å²) < 4.78 is 0. The van der Waals surface area contributed by atoms with E-state index in [1.807, 2.05) is 6.92 Å². The lowest BCUT2D eigenvalue weighted by Gasteiger charge is -2.18. The van der Waals surface area contributed by atoms with E-state index in [0.29, 0.717) is 5.92 Å². The Morgan fingerprint density at radius 2 is 1.62 bits per heavy atom. The summed E-state index contributed by atoms with van der Waals surface area (Å²) in [5.41, 5.74) is 3.91. The number of anilines is 1. The molecule has 1 atom stereocenters. The summed E-state index contributed by atoms with van der Waals surface area (Å²) in [7, 11) is 0. The van der Waals surface area contributed by atoms with Crippen LogP contribution in [0, 0.1) is 13.8 Å². The van der Waals surface area contributed by atoms with Crippen LogP contribution >= 0.6 is 0 Å². The number of hydrogen-bond donors (Lipinski definition) is 3. The molecule has 3 aromatic rings. The van der Waals surface area contributed by atoms with E-state index in [2.05, 4.69) is 75.9 Å². The Morgan fingerprint density at radius 1 is 1.00 bits per heavy atom. The standard InChI is InChI=1S/C22H26N4.2CH2O2/c1-16-7-3-4-8-19(16)18-11-13-26(15-18)14-12-23-22-21-10-6-5-9-20(21)17(2)24-25-22;2*2-1-3/h3-10,18H,11-15H2,1-2H3,(H,23,25);2*1H,(H,2,3). The van der Waals surface area contributed by atoms with Crippen LogP contribution in [-0.4, -0.2) is 64.4 Å². The molecule has 0 amide bonds. The minimum atomic E-state index is -0.250. The van der Waals surface area contributed by atoms with Gasteiger partial charge in [0, 0.05) is 30.4 Å². The number of hydrogen-bond acceptors (Lipinski definition) is 6. The van der Waals surface area contributed by atoms with Gasteiger partial charge in [-0.05, 0) is 43.9 Å². The molecule has 0 spiro atoms. The average molecular weight is 439 g/mol. The number of nitrogens with one attached hydrogen (secondary N) is 1. The lowest BCUT2D eigenvalue weighted by molar-refractivity contribution is -0.123. The average Bonchev–Trinajstić information content (AvgIpc) is 3.26. The molecule has 1 aromatic heterocycles. The Bertz CT molecular complexity index is 1010. The SMILES string of the molecule is Cc1ccccc1C1CCN(CCNc2nnc(C)c3ccccc23)C1.O=CO.O=CO. The van der Waals surface area contributed by atoms with E-state index in [0.717, 1.165) is 36.5 Å². The molecule has 0 radical (unpaired) electrons. The van der Waals surface area contributed by atoms with Crippen LogP contribution < -0.4 is 5.32 Å². The largest absolute Gasteiger partial charge is 0.483 e. The topological polar surface area (TPSA) is 116 Å². The summed E-state index contributed by atoms with van der Waals surface area (Å²) in [5, 5.41) is 28.3. The van der Waals surface area contributed by atoms with Gasteiger partial charge in [-0.2, -0.15) is 5.10 Å². The zero-order valence-electron chi connectivity index (χ0n) is 18.4. The lowest BCUT2D eigenvalue weighted by Crippen LogP contribution is -2.27. The second-order valence-electron chi connectivity index (χ2n) is 7.46. The van der Waals surface area contributed by atoms with E-state index in [-0.39, 0.29) is 12.9 Å². The fourth-order valence-electron chi connectivity index (χ4n) is 4.04. The maximum atomic E-state index is 8.36. The molecule has 0 saturated carbocycles. The number of likely N-dealkylation sites (tertiary alicyclic amines) is 1. The van der Waals surface area contributed by atoms with Gasteiger partial charge in [0.2, 0.25) is 0 Å². The number of carbonyl (C=O) groups is 2. The van der Waals surface area contributed by atoms with E-state index in [4.69, 9.17) is 19.8 Å². The molecule has 3 N–H and O–H groups in total. The second-order valence-corrected chi connectivity index (χ2v) is 7.46. The van der Waals surface area contributed by atoms with Crippen LogP contribution in [0.2, 0.25) is 0 Å². The zero-order valence-corrected chi connectivity index (χ0v) is 18.4. The predicted octanol–water partition coefficient (Wildman–Crippen LogP) is 3.55. The minimum absolute atomic E-state index is 0.250. The van der Waals surface area contributed by atoms with E-state index < -0.39 is 0 Å². The van der Waals surface area contributed by atoms with Gasteiger partial charge < -0.3 is 20.4 Å². The molecule has 0 aliphatic carbocycles. The molecule has 170 valence electrons. The first-order valence-electron chi connectivity index (χ1n) is 10.4. The highest BCUT2D eigenvalue weighted by atomic mass is 16.3. The fraction of sp³-hybridized carbons (Fsp3) is 0.333. The van der Waals surface area contributed by atoms with Crippen molar-refractivity contribution in [3.8, 4) is 0 Å². The van der Waals surface area contributed by atoms with Crippen LogP contribution in [0.15, 0.2) is 48.5 Å². The third-order valence-electron chi connectivity index (χ3n) is 5.49. The van der Waals surface area contributed by atoms with Crippen molar-refractivity contribution in [3.05, 3.63) is 65.4 Å². The molecule has 1 aliphatic rings. The lowest BCUT2D eigenvalue weighted by atomic mass is 9.94. The van der Waals surface area contributed by atoms with Crippen LogP contribution in [-0.2, 0) is 9.59 Å². The molecule has 1 unspecified atom stereocenters. The maximum Gasteiger partial charge on any atom is 0.290 e. The maximum absolute atomic E-state index is 8.36. The van der Waals surface area contributed by atoms with Crippen molar-refractivity contribution in [3.63, 3.8) is 0 Å². The Balaban J connectivity index is 0.000000547. The van der Waals surface area contributed by atoms with Gasteiger partial charge in [-0.15, -0.1) is 5.10 Å². The Labute approximate surface area is 187 Å². The van der Waals surface area contributed by atoms with E-state index in [9.17, 15) is 0 Å². The van der Waals surface area contributed by atoms with Crippen LogP contribution in [0.1, 0.15) is 29.2 Å². The van der Waals surface area contributed by atoms with Gasteiger partial charge in [0.1, 0.15) is 0 Å². The van der Waals surface area contributed by atoms with Crippen LogP contribution in [0.25, 0.3) is 10.8 Å². The Morgan fingerprint density at radius 3 is 2.31 bits per heavy atom. The van der Waals surface area contributed by atoms with Crippen molar-refractivity contribution in [2.75, 3.05) is 31.5 Å². The first kappa shape index (κ1) is 24.7. The molecule has 4 rings (SSSR count). The summed E-state index contributed by atoms with van der Waals surface area (Å²) in [6.45, 7) is 7.97. The Kier molecular flexibility index (Phi) is 10.1. The van der Waals surface area contributed by atoms with Crippen molar-refractivity contribution < 1.29 is 19.8 Å². The monoisotopic (exact) mass is 438 g/mol. The number of carboxylic acid groups (broad SMARTS) is 2. The predicted molar refractivity (Wildman–Crippen MR) is 125 cm³/mol. The van der Waals surface area contributed by atoms with Crippen molar-refractivity contribution in [1.82, 2.24) is 15.1 Å². The number of fused-ring (bicyclic) bond motifs is 1. The molecule has 2 heterocycles. The van der Waals surface area contributed by atoms with Gasteiger partial charge in [-0.25, -0.2) is 0 Å². The highest BCUT2D eigenvalue weighted by Gasteiger charge is 2.24. The Hall–Kier alpha value is -3.52. The van der Waals surface area contributed by atoms with E-state index in [1.54, 1.807) is 0 Å². The molecular formula is C24H30N4O4. The van der Waals surface area contributed by atoms with Gasteiger partial charge in [-0.1, -0.05) is 48.5 Å². The van der Waals surface area contributed by atoms with Gasteiger partial charge in [0.25, 0.3) is 12.9 Å². The number of nitrogens with zero attached hydrogens (tertiary/aromatic N) is 3. The minimum Gasteiger partial charge on any atom is -0.483 e. The zero-order chi connectivity index (χ0) is 23.3. The molecular weight excluding hydrogens is 408 g/mol. The molecule has 2 aromatic carbocycles. The molecule has 0 bridgehead atoms. The highest BCUT2D eigenvalue weighted by molar-refractivity contribution is 5.92. The molecule has 8 heteroatoms.